The molecule has 0 aliphatic heterocycles. The Bertz CT molecular complexity index is 409. The molecule has 4 heteroatoms. The first-order valence-corrected chi connectivity index (χ1v) is 5.89. The molecule has 0 bridgehead atoms. The van der Waals surface area contributed by atoms with Crippen molar-refractivity contribution >= 4 is 11.6 Å². The van der Waals surface area contributed by atoms with E-state index in [0.29, 0.717) is 11.7 Å². The van der Waals surface area contributed by atoms with E-state index in [1.165, 1.54) is 12.1 Å². The van der Waals surface area contributed by atoms with Crippen molar-refractivity contribution < 1.29 is 9.18 Å². The third kappa shape index (κ3) is 3.44. The minimum absolute atomic E-state index is 0.0329. The molecule has 2 N–H and O–H groups in total. The van der Waals surface area contributed by atoms with Crippen LogP contribution >= 0.6 is 0 Å². The van der Waals surface area contributed by atoms with Crippen molar-refractivity contribution in [3.63, 3.8) is 0 Å². The van der Waals surface area contributed by atoms with Crippen molar-refractivity contribution in [2.24, 2.45) is 0 Å². The van der Waals surface area contributed by atoms with Gasteiger partial charge in [0, 0.05) is 11.7 Å². The summed E-state index contributed by atoms with van der Waals surface area (Å²) in [5.74, 6) is -0.322. The maximum absolute atomic E-state index is 13.2. The summed E-state index contributed by atoms with van der Waals surface area (Å²) < 4.78 is 13.2. The molecule has 1 aromatic carbocycles. The Kier molecular flexibility index (Phi) is 3.31. The monoisotopic (exact) mass is 236 g/mol. The third-order valence-corrected chi connectivity index (χ3v) is 2.74. The van der Waals surface area contributed by atoms with Crippen molar-refractivity contribution in [3.8, 4) is 0 Å². The number of carbonyl (C=O) groups is 1. The number of benzene rings is 1. The molecular weight excluding hydrogens is 219 g/mol. The summed E-state index contributed by atoms with van der Waals surface area (Å²) in [6.45, 7) is 3.60. The van der Waals surface area contributed by atoms with Gasteiger partial charge in [-0.25, -0.2) is 4.39 Å². The molecule has 1 unspecified atom stereocenters. The van der Waals surface area contributed by atoms with E-state index in [0.717, 1.165) is 18.4 Å². The molecule has 1 amide bonds. The fourth-order valence-corrected chi connectivity index (χ4v) is 1.69. The van der Waals surface area contributed by atoms with Gasteiger partial charge in [-0.05, 0) is 50.5 Å². The summed E-state index contributed by atoms with van der Waals surface area (Å²) in [5.41, 5.74) is 1.48. The standard InChI is InChI=1S/C13H17FN2O/c1-8-5-10(14)7-12(6-8)15-9(2)13(17)16-11-3-4-11/h5-7,9,11,15H,3-4H2,1-2H3,(H,16,17). The number of halogens is 1. The number of aryl methyl sites for hydroxylation is 1. The van der Waals surface area contributed by atoms with Crippen molar-refractivity contribution in [2.75, 3.05) is 5.32 Å². The zero-order valence-electron chi connectivity index (χ0n) is 10.1. The summed E-state index contributed by atoms with van der Waals surface area (Å²) in [6.07, 6.45) is 2.13. The lowest BCUT2D eigenvalue weighted by Gasteiger charge is -2.15. The van der Waals surface area contributed by atoms with E-state index in [1.54, 1.807) is 6.92 Å². The zero-order chi connectivity index (χ0) is 12.4. The summed E-state index contributed by atoms with van der Waals surface area (Å²) in [6, 6.07) is 4.68. The lowest BCUT2D eigenvalue weighted by atomic mass is 10.2. The van der Waals surface area contributed by atoms with Gasteiger partial charge in [0.25, 0.3) is 0 Å². The molecule has 2 rings (SSSR count). The van der Waals surface area contributed by atoms with E-state index < -0.39 is 0 Å². The maximum atomic E-state index is 13.2. The zero-order valence-corrected chi connectivity index (χ0v) is 10.1. The Morgan fingerprint density at radius 3 is 2.71 bits per heavy atom. The summed E-state index contributed by atoms with van der Waals surface area (Å²) in [7, 11) is 0. The number of nitrogens with one attached hydrogen (secondary N) is 2. The minimum atomic E-state index is -0.350. The third-order valence-electron chi connectivity index (χ3n) is 2.74. The van der Waals surface area contributed by atoms with Gasteiger partial charge >= 0.3 is 0 Å². The summed E-state index contributed by atoms with van der Waals surface area (Å²) >= 11 is 0. The number of hydrogen-bond donors (Lipinski definition) is 2. The predicted octanol–water partition coefficient (Wildman–Crippen LogP) is 2.21. The van der Waals surface area contributed by atoms with E-state index in [1.807, 2.05) is 13.0 Å². The number of anilines is 1. The second-order valence-corrected chi connectivity index (χ2v) is 4.67. The van der Waals surface area contributed by atoms with Crippen molar-refractivity contribution in [3.05, 3.63) is 29.6 Å². The second-order valence-electron chi connectivity index (χ2n) is 4.67. The number of carbonyl (C=O) groups excluding carboxylic acids is 1. The van der Waals surface area contributed by atoms with E-state index >= 15 is 0 Å². The Morgan fingerprint density at radius 2 is 2.12 bits per heavy atom. The number of hydrogen-bond acceptors (Lipinski definition) is 2. The average molecular weight is 236 g/mol. The van der Waals surface area contributed by atoms with E-state index in [2.05, 4.69) is 10.6 Å². The van der Waals surface area contributed by atoms with Crippen LogP contribution in [0.1, 0.15) is 25.3 Å². The molecule has 92 valence electrons. The molecule has 0 saturated heterocycles. The predicted molar refractivity (Wildman–Crippen MR) is 65.4 cm³/mol. The quantitative estimate of drug-likeness (QED) is 0.841. The molecule has 1 aliphatic rings. The van der Waals surface area contributed by atoms with E-state index in [-0.39, 0.29) is 17.8 Å². The van der Waals surface area contributed by atoms with E-state index in [9.17, 15) is 9.18 Å². The molecule has 17 heavy (non-hydrogen) atoms. The van der Waals surface area contributed by atoms with E-state index in [4.69, 9.17) is 0 Å². The Labute approximate surface area is 100 Å². The van der Waals surface area contributed by atoms with Gasteiger partial charge in [-0.3, -0.25) is 4.79 Å². The van der Waals surface area contributed by atoms with Crippen LogP contribution in [0, 0.1) is 12.7 Å². The lowest BCUT2D eigenvalue weighted by Crippen LogP contribution is -2.38. The van der Waals surface area contributed by atoms with Crippen LogP contribution in [-0.4, -0.2) is 18.0 Å². The molecule has 0 heterocycles. The Hall–Kier alpha value is -1.58. The second kappa shape index (κ2) is 4.73. The molecule has 0 aromatic heterocycles. The summed E-state index contributed by atoms with van der Waals surface area (Å²) in [4.78, 5) is 11.7. The van der Waals surface area contributed by atoms with Gasteiger partial charge in [0.2, 0.25) is 5.91 Å². The molecule has 0 spiro atoms. The number of amides is 1. The highest BCUT2D eigenvalue weighted by Gasteiger charge is 2.25. The molecular formula is C13H17FN2O. The molecule has 1 atom stereocenters. The van der Waals surface area contributed by atoms with Crippen LogP contribution in [0.3, 0.4) is 0 Å². The highest BCUT2D eigenvalue weighted by molar-refractivity contribution is 5.84. The molecule has 3 nitrogen and oxygen atoms in total. The highest BCUT2D eigenvalue weighted by Crippen LogP contribution is 2.19. The van der Waals surface area contributed by atoms with Gasteiger partial charge in [-0.1, -0.05) is 0 Å². The fraction of sp³-hybridized carbons (Fsp3) is 0.462. The molecule has 1 saturated carbocycles. The van der Waals surface area contributed by atoms with Crippen LogP contribution in [0.4, 0.5) is 10.1 Å². The lowest BCUT2D eigenvalue weighted by molar-refractivity contribution is -0.121. The van der Waals surface area contributed by atoms with Gasteiger partial charge in [-0.15, -0.1) is 0 Å². The molecule has 1 fully saturated rings. The smallest absolute Gasteiger partial charge is 0.242 e. The Morgan fingerprint density at radius 1 is 1.41 bits per heavy atom. The van der Waals surface area contributed by atoms with Crippen LogP contribution in [0.15, 0.2) is 18.2 Å². The molecule has 1 aromatic rings. The van der Waals surface area contributed by atoms with Crippen LogP contribution in [0.2, 0.25) is 0 Å². The van der Waals surface area contributed by atoms with Gasteiger partial charge in [0.05, 0.1) is 0 Å². The Balaban J connectivity index is 1.96. The van der Waals surface area contributed by atoms with Crippen LogP contribution in [0.5, 0.6) is 0 Å². The fourth-order valence-electron chi connectivity index (χ4n) is 1.69. The normalized spacial score (nSPS) is 16.4. The first-order valence-electron chi connectivity index (χ1n) is 5.89. The minimum Gasteiger partial charge on any atom is -0.374 e. The van der Waals surface area contributed by atoms with Crippen LogP contribution < -0.4 is 10.6 Å². The van der Waals surface area contributed by atoms with Crippen LogP contribution in [0.25, 0.3) is 0 Å². The first kappa shape index (κ1) is 11.9. The SMILES string of the molecule is Cc1cc(F)cc(NC(C)C(=O)NC2CC2)c1. The molecule has 0 radical (unpaired) electrons. The first-order chi connectivity index (χ1) is 8.04. The van der Waals surface area contributed by atoms with Crippen LogP contribution in [-0.2, 0) is 4.79 Å². The van der Waals surface area contributed by atoms with Gasteiger partial charge < -0.3 is 10.6 Å². The van der Waals surface area contributed by atoms with Gasteiger partial charge in [0.1, 0.15) is 11.9 Å². The topological polar surface area (TPSA) is 41.1 Å². The highest BCUT2D eigenvalue weighted by atomic mass is 19.1. The maximum Gasteiger partial charge on any atom is 0.242 e. The van der Waals surface area contributed by atoms with Gasteiger partial charge in [-0.2, -0.15) is 0 Å². The molecule has 1 aliphatic carbocycles. The average Bonchev–Trinajstić information content (AvgIpc) is 2.99. The van der Waals surface area contributed by atoms with Crippen molar-refractivity contribution in [1.29, 1.82) is 0 Å². The largest absolute Gasteiger partial charge is 0.374 e. The summed E-state index contributed by atoms with van der Waals surface area (Å²) in [5, 5.41) is 5.91. The van der Waals surface area contributed by atoms with Crippen molar-refractivity contribution in [1.82, 2.24) is 5.32 Å². The van der Waals surface area contributed by atoms with Gasteiger partial charge in [0.15, 0.2) is 0 Å². The number of rotatable bonds is 4. The van der Waals surface area contributed by atoms with Crippen molar-refractivity contribution in [2.45, 2.75) is 38.8 Å².